The van der Waals surface area contributed by atoms with E-state index in [1.165, 1.54) is 17.6 Å². The van der Waals surface area contributed by atoms with Gasteiger partial charge < -0.3 is 19.3 Å². The van der Waals surface area contributed by atoms with Crippen molar-refractivity contribution in [1.82, 2.24) is 9.80 Å². The fourth-order valence-corrected chi connectivity index (χ4v) is 4.95. The number of hydrogen-bond donors (Lipinski definition) is 0. The second-order valence-electron chi connectivity index (χ2n) is 8.43. The van der Waals surface area contributed by atoms with E-state index in [0.29, 0.717) is 25.6 Å². The topological polar surface area (TPSA) is 59.1 Å². The average molecular weight is 443 g/mol. The molecule has 6 nitrogen and oxygen atoms in total. The summed E-state index contributed by atoms with van der Waals surface area (Å²) in [5.74, 6) is 1.16. The number of carbonyl (C=O) groups is 2. The molecule has 0 bridgehead atoms. The quantitative estimate of drug-likeness (QED) is 0.597. The first-order valence-corrected chi connectivity index (χ1v) is 11.7. The molecule has 0 saturated heterocycles. The van der Waals surface area contributed by atoms with E-state index in [1.807, 2.05) is 36.1 Å². The lowest BCUT2D eigenvalue weighted by Crippen LogP contribution is -2.48. The van der Waals surface area contributed by atoms with Gasteiger partial charge in [-0.05, 0) is 61.2 Å². The summed E-state index contributed by atoms with van der Waals surface area (Å²) in [5, 5.41) is 2.08. The van der Waals surface area contributed by atoms with E-state index in [0.717, 1.165) is 30.6 Å². The highest BCUT2D eigenvalue weighted by molar-refractivity contribution is 7.10. The standard InChI is InChI=1S/C24H30N2O4S/c1-17-3-7-19(8-4-17)30-15-21-20-10-12-31-22(20)9-11-26(21)23(27)14-25(13-18-5-6-18)24(28)16-29-2/h3-4,7-8,10,12,18,21H,5-6,9,11,13-16H2,1-2H3/t21-/m0/s1. The van der Waals surface area contributed by atoms with Crippen LogP contribution in [-0.4, -0.2) is 61.6 Å². The SMILES string of the molecule is COCC(=O)N(CC(=O)N1CCc2sccc2[C@@H]1COc1ccc(C)cc1)CC1CC1. The van der Waals surface area contributed by atoms with Crippen LogP contribution >= 0.6 is 11.3 Å². The van der Waals surface area contributed by atoms with Crippen molar-refractivity contribution in [2.45, 2.75) is 32.2 Å². The van der Waals surface area contributed by atoms with Gasteiger partial charge in [0.25, 0.3) is 0 Å². The normalized spacial score (nSPS) is 17.9. The molecular weight excluding hydrogens is 412 g/mol. The maximum atomic E-state index is 13.4. The van der Waals surface area contributed by atoms with Gasteiger partial charge in [0.15, 0.2) is 0 Å². The van der Waals surface area contributed by atoms with E-state index in [1.54, 1.807) is 16.2 Å². The number of amides is 2. The lowest BCUT2D eigenvalue weighted by atomic mass is 10.0. The number of rotatable bonds is 9. The maximum Gasteiger partial charge on any atom is 0.249 e. The summed E-state index contributed by atoms with van der Waals surface area (Å²) in [6, 6.07) is 9.91. The van der Waals surface area contributed by atoms with Crippen LogP contribution in [-0.2, 0) is 20.7 Å². The lowest BCUT2D eigenvalue weighted by Gasteiger charge is -2.37. The Morgan fingerprint density at radius 3 is 2.68 bits per heavy atom. The first-order chi connectivity index (χ1) is 15.0. The molecule has 2 amide bonds. The molecule has 2 heterocycles. The number of aryl methyl sites for hydroxylation is 1. The predicted octanol–water partition coefficient (Wildman–Crippen LogP) is 3.45. The molecule has 4 rings (SSSR count). The number of hydrogen-bond acceptors (Lipinski definition) is 5. The molecule has 1 aromatic heterocycles. The van der Waals surface area contributed by atoms with E-state index in [-0.39, 0.29) is 31.0 Å². The monoisotopic (exact) mass is 442 g/mol. The summed E-state index contributed by atoms with van der Waals surface area (Å²) in [6.07, 6.45) is 3.09. The third-order valence-corrected chi connectivity index (χ3v) is 6.96. The molecule has 2 aromatic rings. The Labute approximate surface area is 187 Å². The van der Waals surface area contributed by atoms with E-state index >= 15 is 0 Å². The van der Waals surface area contributed by atoms with Crippen molar-refractivity contribution in [3.8, 4) is 5.75 Å². The van der Waals surface area contributed by atoms with Crippen LogP contribution in [0.15, 0.2) is 35.7 Å². The summed E-state index contributed by atoms with van der Waals surface area (Å²) in [7, 11) is 1.51. The zero-order valence-corrected chi connectivity index (χ0v) is 19.0. The van der Waals surface area contributed by atoms with Crippen LogP contribution in [0.5, 0.6) is 5.75 Å². The number of ether oxygens (including phenoxy) is 2. The van der Waals surface area contributed by atoms with Gasteiger partial charge in [-0.25, -0.2) is 0 Å². The smallest absolute Gasteiger partial charge is 0.249 e. The largest absolute Gasteiger partial charge is 0.491 e. The maximum absolute atomic E-state index is 13.4. The first-order valence-electron chi connectivity index (χ1n) is 10.9. The van der Waals surface area contributed by atoms with Crippen LogP contribution in [0.25, 0.3) is 0 Å². The Morgan fingerprint density at radius 2 is 1.97 bits per heavy atom. The number of thiophene rings is 1. The molecule has 1 saturated carbocycles. The summed E-state index contributed by atoms with van der Waals surface area (Å²) < 4.78 is 11.1. The summed E-state index contributed by atoms with van der Waals surface area (Å²) in [5.41, 5.74) is 2.34. The predicted molar refractivity (Wildman–Crippen MR) is 120 cm³/mol. The second-order valence-corrected chi connectivity index (χ2v) is 9.43. The Morgan fingerprint density at radius 1 is 1.19 bits per heavy atom. The molecule has 1 aliphatic heterocycles. The number of methoxy groups -OCH3 is 1. The van der Waals surface area contributed by atoms with Gasteiger partial charge in [0.2, 0.25) is 11.8 Å². The molecule has 1 fully saturated rings. The summed E-state index contributed by atoms with van der Waals surface area (Å²) >= 11 is 1.73. The number of nitrogens with zero attached hydrogens (tertiary/aromatic N) is 2. The number of carbonyl (C=O) groups excluding carboxylic acids is 2. The van der Waals surface area contributed by atoms with Crippen molar-refractivity contribution in [1.29, 1.82) is 0 Å². The second kappa shape index (κ2) is 9.83. The van der Waals surface area contributed by atoms with Gasteiger partial charge in [-0.1, -0.05) is 17.7 Å². The first kappa shape index (κ1) is 21.8. The van der Waals surface area contributed by atoms with Crippen molar-refractivity contribution in [2.24, 2.45) is 5.92 Å². The van der Waals surface area contributed by atoms with Crippen LogP contribution in [0.4, 0.5) is 0 Å². The molecule has 7 heteroatoms. The molecule has 31 heavy (non-hydrogen) atoms. The average Bonchev–Trinajstić information content (AvgIpc) is 3.45. The zero-order valence-electron chi connectivity index (χ0n) is 18.2. The van der Waals surface area contributed by atoms with Crippen molar-refractivity contribution < 1.29 is 19.1 Å². The van der Waals surface area contributed by atoms with Crippen LogP contribution in [0.3, 0.4) is 0 Å². The van der Waals surface area contributed by atoms with Gasteiger partial charge in [-0.15, -0.1) is 11.3 Å². The molecule has 1 atom stereocenters. The lowest BCUT2D eigenvalue weighted by molar-refractivity contribution is -0.144. The molecule has 0 radical (unpaired) electrons. The third kappa shape index (κ3) is 5.46. The van der Waals surface area contributed by atoms with E-state index in [4.69, 9.17) is 9.47 Å². The Kier molecular flexibility index (Phi) is 6.92. The minimum Gasteiger partial charge on any atom is -0.491 e. The highest BCUT2D eigenvalue weighted by Gasteiger charge is 2.34. The van der Waals surface area contributed by atoms with E-state index < -0.39 is 0 Å². The molecule has 1 aliphatic carbocycles. The van der Waals surface area contributed by atoms with Crippen LogP contribution in [0, 0.1) is 12.8 Å². The van der Waals surface area contributed by atoms with E-state index in [2.05, 4.69) is 11.4 Å². The fourth-order valence-electron chi connectivity index (χ4n) is 4.02. The molecule has 0 N–H and O–H groups in total. The van der Waals surface area contributed by atoms with Gasteiger partial charge in [-0.2, -0.15) is 0 Å². The molecule has 2 aliphatic rings. The Hall–Kier alpha value is -2.38. The summed E-state index contributed by atoms with van der Waals surface area (Å²) in [4.78, 5) is 30.7. The molecule has 0 unspecified atom stereocenters. The highest BCUT2D eigenvalue weighted by atomic mass is 32.1. The zero-order chi connectivity index (χ0) is 21.8. The van der Waals surface area contributed by atoms with Crippen molar-refractivity contribution in [2.75, 3.05) is 40.0 Å². The molecule has 1 aromatic carbocycles. The van der Waals surface area contributed by atoms with Gasteiger partial charge >= 0.3 is 0 Å². The number of fused-ring (bicyclic) bond motifs is 1. The molecular formula is C24H30N2O4S. The Bertz CT molecular complexity index is 907. The van der Waals surface area contributed by atoms with Gasteiger partial charge in [0, 0.05) is 25.1 Å². The molecule has 166 valence electrons. The van der Waals surface area contributed by atoms with Gasteiger partial charge in [0.1, 0.15) is 19.0 Å². The van der Waals surface area contributed by atoms with Crippen LogP contribution in [0.1, 0.15) is 34.9 Å². The van der Waals surface area contributed by atoms with Crippen molar-refractivity contribution in [3.05, 3.63) is 51.7 Å². The molecule has 0 spiro atoms. The minimum absolute atomic E-state index is 0.00857. The fraction of sp³-hybridized carbons (Fsp3) is 0.500. The minimum atomic E-state index is -0.149. The van der Waals surface area contributed by atoms with Gasteiger partial charge in [-0.3, -0.25) is 9.59 Å². The van der Waals surface area contributed by atoms with Gasteiger partial charge in [0.05, 0.1) is 12.6 Å². The van der Waals surface area contributed by atoms with E-state index in [9.17, 15) is 9.59 Å². The van der Waals surface area contributed by atoms with Crippen molar-refractivity contribution in [3.63, 3.8) is 0 Å². The van der Waals surface area contributed by atoms with Crippen molar-refractivity contribution >= 4 is 23.2 Å². The Balaban J connectivity index is 1.48. The highest BCUT2D eigenvalue weighted by Crippen LogP contribution is 2.34. The van der Waals surface area contributed by atoms with Crippen LogP contribution < -0.4 is 4.74 Å². The summed E-state index contributed by atoms with van der Waals surface area (Å²) in [6.45, 7) is 3.82. The number of benzene rings is 1. The third-order valence-electron chi connectivity index (χ3n) is 5.97. The van der Waals surface area contributed by atoms with Crippen LogP contribution in [0.2, 0.25) is 0 Å².